The fraction of sp³-hybridized carbons (Fsp3) is 0.429. The molecule has 0 heterocycles. The standard InChI is InChI=1S/C14H20N2O2/c1-4-10-5-7-11(8-6-10)14(2,3)9-16-13(18)12(15)17/h5-8H,4,9H2,1-3H3,(H2,15,17)(H,16,18). The first-order valence-corrected chi connectivity index (χ1v) is 6.04. The van der Waals surface area contributed by atoms with Gasteiger partial charge in [0.15, 0.2) is 0 Å². The molecule has 0 aliphatic rings. The summed E-state index contributed by atoms with van der Waals surface area (Å²) >= 11 is 0. The minimum Gasteiger partial charge on any atom is -0.361 e. The molecule has 4 heteroatoms. The maximum Gasteiger partial charge on any atom is 0.309 e. The molecule has 0 saturated heterocycles. The molecule has 0 unspecified atom stereocenters. The Labute approximate surface area is 108 Å². The van der Waals surface area contributed by atoms with E-state index in [0.29, 0.717) is 6.54 Å². The maximum absolute atomic E-state index is 11.1. The molecule has 0 aliphatic heterocycles. The van der Waals surface area contributed by atoms with Crippen molar-refractivity contribution >= 4 is 11.8 Å². The number of rotatable bonds is 4. The van der Waals surface area contributed by atoms with Gasteiger partial charge in [-0.25, -0.2) is 0 Å². The van der Waals surface area contributed by atoms with E-state index in [1.54, 1.807) is 0 Å². The van der Waals surface area contributed by atoms with Crippen molar-refractivity contribution in [1.29, 1.82) is 0 Å². The van der Waals surface area contributed by atoms with Crippen LogP contribution in [-0.4, -0.2) is 18.4 Å². The fourth-order valence-electron chi connectivity index (χ4n) is 1.68. The van der Waals surface area contributed by atoms with E-state index in [1.165, 1.54) is 5.56 Å². The van der Waals surface area contributed by atoms with Crippen LogP contribution in [0.25, 0.3) is 0 Å². The summed E-state index contributed by atoms with van der Waals surface area (Å²) < 4.78 is 0. The molecule has 0 spiro atoms. The Balaban J connectivity index is 2.72. The van der Waals surface area contributed by atoms with Crippen LogP contribution in [0.5, 0.6) is 0 Å². The zero-order valence-electron chi connectivity index (χ0n) is 11.1. The number of amides is 2. The average molecular weight is 248 g/mol. The van der Waals surface area contributed by atoms with Gasteiger partial charge in [-0.3, -0.25) is 9.59 Å². The van der Waals surface area contributed by atoms with Gasteiger partial charge in [-0.2, -0.15) is 0 Å². The van der Waals surface area contributed by atoms with Crippen molar-refractivity contribution < 1.29 is 9.59 Å². The second-order valence-electron chi connectivity index (χ2n) is 4.98. The minimum absolute atomic E-state index is 0.239. The normalized spacial score (nSPS) is 11.1. The highest BCUT2D eigenvalue weighted by molar-refractivity contribution is 6.34. The first-order valence-electron chi connectivity index (χ1n) is 6.04. The summed E-state index contributed by atoms with van der Waals surface area (Å²) in [6.45, 7) is 6.50. The Bertz CT molecular complexity index is 436. The predicted octanol–water partition coefficient (Wildman–Crippen LogP) is 1.13. The molecule has 0 radical (unpaired) electrons. The zero-order chi connectivity index (χ0) is 13.8. The van der Waals surface area contributed by atoms with Crippen LogP contribution in [0.3, 0.4) is 0 Å². The Hall–Kier alpha value is -1.84. The fourth-order valence-corrected chi connectivity index (χ4v) is 1.68. The highest BCUT2D eigenvalue weighted by Crippen LogP contribution is 2.22. The highest BCUT2D eigenvalue weighted by Gasteiger charge is 2.22. The molecule has 98 valence electrons. The van der Waals surface area contributed by atoms with Crippen molar-refractivity contribution in [2.45, 2.75) is 32.6 Å². The summed E-state index contributed by atoms with van der Waals surface area (Å²) in [6, 6.07) is 8.25. The summed E-state index contributed by atoms with van der Waals surface area (Å²) in [6.07, 6.45) is 0.999. The third-order valence-electron chi connectivity index (χ3n) is 3.06. The molecule has 0 atom stereocenters. The van der Waals surface area contributed by atoms with Gasteiger partial charge in [-0.15, -0.1) is 0 Å². The van der Waals surface area contributed by atoms with Gasteiger partial charge in [-0.05, 0) is 17.5 Å². The monoisotopic (exact) mass is 248 g/mol. The van der Waals surface area contributed by atoms with Gasteiger partial charge in [0, 0.05) is 12.0 Å². The van der Waals surface area contributed by atoms with Gasteiger partial charge < -0.3 is 11.1 Å². The van der Waals surface area contributed by atoms with Crippen molar-refractivity contribution in [3.05, 3.63) is 35.4 Å². The zero-order valence-corrected chi connectivity index (χ0v) is 11.1. The quantitative estimate of drug-likeness (QED) is 0.784. The van der Waals surface area contributed by atoms with Gasteiger partial charge >= 0.3 is 11.8 Å². The van der Waals surface area contributed by atoms with Crippen LogP contribution in [0, 0.1) is 0 Å². The van der Waals surface area contributed by atoms with Crippen LogP contribution in [0.2, 0.25) is 0 Å². The van der Waals surface area contributed by atoms with Crippen molar-refractivity contribution in [3.63, 3.8) is 0 Å². The largest absolute Gasteiger partial charge is 0.361 e. The van der Waals surface area contributed by atoms with Gasteiger partial charge in [-0.1, -0.05) is 45.0 Å². The number of hydrogen-bond donors (Lipinski definition) is 2. The second-order valence-corrected chi connectivity index (χ2v) is 4.98. The van der Waals surface area contributed by atoms with E-state index in [4.69, 9.17) is 5.73 Å². The second kappa shape index (κ2) is 5.67. The molecular formula is C14H20N2O2. The first kappa shape index (κ1) is 14.2. The van der Waals surface area contributed by atoms with E-state index < -0.39 is 11.8 Å². The van der Waals surface area contributed by atoms with E-state index in [0.717, 1.165) is 12.0 Å². The number of primary amides is 1. The molecule has 0 bridgehead atoms. The number of benzene rings is 1. The molecule has 2 amide bonds. The molecule has 0 saturated carbocycles. The molecule has 0 aliphatic carbocycles. The average Bonchev–Trinajstić information content (AvgIpc) is 2.36. The number of hydrogen-bond acceptors (Lipinski definition) is 2. The third kappa shape index (κ3) is 3.58. The molecule has 18 heavy (non-hydrogen) atoms. The van der Waals surface area contributed by atoms with E-state index in [2.05, 4.69) is 36.5 Å². The van der Waals surface area contributed by atoms with Crippen molar-refractivity contribution in [2.24, 2.45) is 5.73 Å². The van der Waals surface area contributed by atoms with E-state index in [9.17, 15) is 9.59 Å². The SMILES string of the molecule is CCc1ccc(C(C)(C)CNC(=O)C(N)=O)cc1. The number of carbonyl (C=O) groups is 2. The lowest BCUT2D eigenvalue weighted by Crippen LogP contribution is -2.42. The smallest absolute Gasteiger partial charge is 0.309 e. The summed E-state index contributed by atoms with van der Waals surface area (Å²) in [5.41, 5.74) is 7.04. The molecule has 0 aromatic heterocycles. The van der Waals surface area contributed by atoms with Gasteiger partial charge in [0.2, 0.25) is 0 Å². The number of nitrogens with one attached hydrogen (secondary N) is 1. The van der Waals surface area contributed by atoms with Crippen LogP contribution in [-0.2, 0) is 21.4 Å². The van der Waals surface area contributed by atoms with E-state index in [-0.39, 0.29) is 5.41 Å². The summed E-state index contributed by atoms with van der Waals surface area (Å²) in [5.74, 6) is -1.69. The van der Waals surface area contributed by atoms with Crippen molar-refractivity contribution in [2.75, 3.05) is 6.54 Å². The van der Waals surface area contributed by atoms with E-state index in [1.807, 2.05) is 13.8 Å². The topological polar surface area (TPSA) is 72.2 Å². The van der Waals surface area contributed by atoms with Crippen LogP contribution in [0.15, 0.2) is 24.3 Å². The van der Waals surface area contributed by atoms with Crippen LogP contribution >= 0.6 is 0 Å². The van der Waals surface area contributed by atoms with E-state index >= 15 is 0 Å². The van der Waals surface area contributed by atoms with Gasteiger partial charge in [0.05, 0.1) is 0 Å². The molecule has 0 fully saturated rings. The Morgan fingerprint density at radius 3 is 2.22 bits per heavy atom. The van der Waals surface area contributed by atoms with Crippen LogP contribution in [0.4, 0.5) is 0 Å². The molecule has 1 rings (SSSR count). The number of carbonyl (C=O) groups excluding carboxylic acids is 2. The lowest BCUT2D eigenvalue weighted by atomic mass is 9.84. The molecule has 4 nitrogen and oxygen atoms in total. The Morgan fingerprint density at radius 2 is 1.78 bits per heavy atom. The predicted molar refractivity (Wildman–Crippen MR) is 71.1 cm³/mol. The molecule has 3 N–H and O–H groups in total. The third-order valence-corrected chi connectivity index (χ3v) is 3.06. The molecular weight excluding hydrogens is 228 g/mol. The minimum atomic E-state index is -0.952. The van der Waals surface area contributed by atoms with Gasteiger partial charge in [0.25, 0.3) is 0 Å². The highest BCUT2D eigenvalue weighted by atomic mass is 16.2. The Morgan fingerprint density at radius 1 is 1.22 bits per heavy atom. The summed E-state index contributed by atoms with van der Waals surface area (Å²) in [7, 11) is 0. The van der Waals surface area contributed by atoms with Crippen molar-refractivity contribution in [3.8, 4) is 0 Å². The molecule has 1 aromatic carbocycles. The lowest BCUT2D eigenvalue weighted by Gasteiger charge is -2.25. The van der Waals surface area contributed by atoms with Crippen LogP contribution < -0.4 is 11.1 Å². The first-order chi connectivity index (χ1) is 8.36. The summed E-state index contributed by atoms with van der Waals surface area (Å²) in [4.78, 5) is 21.8. The lowest BCUT2D eigenvalue weighted by molar-refractivity contribution is -0.137. The summed E-state index contributed by atoms with van der Waals surface area (Å²) in [5, 5.41) is 2.54. The molecule has 1 aromatic rings. The number of nitrogens with two attached hydrogens (primary N) is 1. The van der Waals surface area contributed by atoms with Crippen molar-refractivity contribution in [1.82, 2.24) is 5.32 Å². The number of aryl methyl sites for hydroxylation is 1. The van der Waals surface area contributed by atoms with Crippen LogP contribution in [0.1, 0.15) is 31.9 Å². The van der Waals surface area contributed by atoms with Gasteiger partial charge in [0.1, 0.15) is 0 Å². The Kier molecular flexibility index (Phi) is 4.48. The maximum atomic E-state index is 11.1.